The van der Waals surface area contributed by atoms with Gasteiger partial charge in [-0.05, 0) is 37.6 Å². The van der Waals surface area contributed by atoms with E-state index in [1.165, 1.54) is 11.8 Å². The van der Waals surface area contributed by atoms with E-state index in [-0.39, 0.29) is 18.4 Å². The molecular formula is C20H23N5O2S. The van der Waals surface area contributed by atoms with E-state index >= 15 is 0 Å². The van der Waals surface area contributed by atoms with Gasteiger partial charge in [-0.2, -0.15) is 0 Å². The Labute approximate surface area is 168 Å². The van der Waals surface area contributed by atoms with Gasteiger partial charge in [0.15, 0.2) is 0 Å². The molecule has 0 radical (unpaired) electrons. The number of carbonyl (C=O) groups excluding carboxylic acids is 2. The van der Waals surface area contributed by atoms with Crippen LogP contribution < -0.4 is 9.80 Å². The molecule has 0 N–H and O–H groups in total. The average molecular weight is 398 g/mol. The number of hydrogen-bond acceptors (Lipinski definition) is 6. The van der Waals surface area contributed by atoms with E-state index in [1.807, 2.05) is 43.0 Å². The molecule has 2 aromatic rings. The topological polar surface area (TPSA) is 69.6 Å². The molecular weight excluding hydrogens is 374 g/mol. The number of nitrogens with zero attached hydrogens (tertiary/aromatic N) is 5. The molecule has 146 valence electrons. The maximum absolute atomic E-state index is 12.9. The Morgan fingerprint density at radius 1 is 1.18 bits per heavy atom. The predicted molar refractivity (Wildman–Crippen MR) is 110 cm³/mol. The summed E-state index contributed by atoms with van der Waals surface area (Å²) >= 11 is 1.45. The van der Waals surface area contributed by atoms with Crippen molar-refractivity contribution in [3.63, 3.8) is 0 Å². The molecule has 2 amide bonds. The molecule has 0 atom stereocenters. The van der Waals surface area contributed by atoms with Gasteiger partial charge in [-0.1, -0.05) is 17.8 Å². The van der Waals surface area contributed by atoms with Crippen LogP contribution in [0.1, 0.15) is 11.3 Å². The van der Waals surface area contributed by atoms with Crippen LogP contribution in [0.25, 0.3) is 0 Å². The highest BCUT2D eigenvalue weighted by Gasteiger charge is 2.31. The van der Waals surface area contributed by atoms with E-state index in [9.17, 15) is 9.59 Å². The Kier molecular flexibility index (Phi) is 5.21. The summed E-state index contributed by atoms with van der Waals surface area (Å²) in [6.07, 6.45) is 1.78. The van der Waals surface area contributed by atoms with Crippen LogP contribution >= 0.6 is 11.8 Å². The van der Waals surface area contributed by atoms with Crippen LogP contribution in [0, 0.1) is 13.8 Å². The Balaban J connectivity index is 1.44. The molecule has 4 heterocycles. The molecule has 0 saturated carbocycles. The molecule has 0 spiro atoms. The van der Waals surface area contributed by atoms with Gasteiger partial charge >= 0.3 is 0 Å². The minimum atomic E-state index is -0.0354. The lowest BCUT2D eigenvalue weighted by atomic mass is 10.2. The van der Waals surface area contributed by atoms with Gasteiger partial charge in [0, 0.05) is 38.1 Å². The molecule has 28 heavy (non-hydrogen) atoms. The molecule has 2 aliphatic rings. The third-order valence-electron chi connectivity index (χ3n) is 5.08. The second-order valence-corrected chi connectivity index (χ2v) is 8.02. The molecule has 0 aromatic carbocycles. The maximum atomic E-state index is 12.9. The number of thioether (sulfide) groups is 1. The number of amides is 2. The number of fused-ring (bicyclic) bond motifs is 1. The molecule has 0 aliphatic carbocycles. The van der Waals surface area contributed by atoms with E-state index in [1.54, 1.807) is 11.1 Å². The number of anilines is 2. The van der Waals surface area contributed by atoms with E-state index in [4.69, 9.17) is 0 Å². The maximum Gasteiger partial charge on any atom is 0.242 e. The fourth-order valence-corrected chi connectivity index (χ4v) is 4.72. The zero-order chi connectivity index (χ0) is 19.7. The number of hydrogen-bond donors (Lipinski definition) is 0. The Morgan fingerprint density at radius 3 is 2.68 bits per heavy atom. The first-order valence-corrected chi connectivity index (χ1v) is 10.4. The van der Waals surface area contributed by atoms with Crippen LogP contribution in [0.15, 0.2) is 35.5 Å². The SMILES string of the molecule is Cc1cc(C)c2c(n1)SCC(=O)N2CC(=O)N1CCN(c2ccccn2)CC1. The fraction of sp³-hybridized carbons (Fsp3) is 0.400. The Hall–Kier alpha value is -2.61. The van der Waals surface area contributed by atoms with Crippen molar-refractivity contribution in [3.8, 4) is 0 Å². The fourth-order valence-electron chi connectivity index (χ4n) is 3.69. The minimum Gasteiger partial charge on any atom is -0.353 e. The summed E-state index contributed by atoms with van der Waals surface area (Å²) in [5, 5.41) is 0.838. The summed E-state index contributed by atoms with van der Waals surface area (Å²) in [7, 11) is 0. The largest absolute Gasteiger partial charge is 0.353 e. The van der Waals surface area contributed by atoms with Crippen LogP contribution in [0.3, 0.4) is 0 Å². The third kappa shape index (κ3) is 3.69. The second kappa shape index (κ2) is 7.79. The van der Waals surface area contributed by atoms with Crippen LogP contribution in [-0.4, -0.2) is 65.2 Å². The highest BCUT2D eigenvalue weighted by molar-refractivity contribution is 8.00. The van der Waals surface area contributed by atoms with E-state index < -0.39 is 0 Å². The Bertz CT molecular complexity index is 897. The van der Waals surface area contributed by atoms with Gasteiger partial charge in [0.25, 0.3) is 0 Å². The second-order valence-electron chi connectivity index (χ2n) is 7.06. The molecule has 0 bridgehead atoms. The molecule has 7 nitrogen and oxygen atoms in total. The number of piperazine rings is 1. The van der Waals surface area contributed by atoms with Gasteiger partial charge in [0.2, 0.25) is 11.8 Å². The van der Waals surface area contributed by atoms with E-state index in [2.05, 4.69) is 14.9 Å². The number of rotatable bonds is 3. The summed E-state index contributed by atoms with van der Waals surface area (Å²) in [5.41, 5.74) is 2.69. The molecule has 4 rings (SSSR count). The lowest BCUT2D eigenvalue weighted by molar-refractivity contribution is -0.131. The monoisotopic (exact) mass is 397 g/mol. The molecule has 1 fully saturated rings. The van der Waals surface area contributed by atoms with Crippen LogP contribution in [-0.2, 0) is 9.59 Å². The number of aryl methyl sites for hydroxylation is 2. The first kappa shape index (κ1) is 18.7. The van der Waals surface area contributed by atoms with Crippen molar-refractivity contribution in [1.29, 1.82) is 0 Å². The lowest BCUT2D eigenvalue weighted by Gasteiger charge is -2.37. The van der Waals surface area contributed by atoms with Crippen molar-refractivity contribution in [1.82, 2.24) is 14.9 Å². The van der Waals surface area contributed by atoms with Crippen molar-refractivity contribution in [2.45, 2.75) is 18.9 Å². The van der Waals surface area contributed by atoms with Crippen LogP contribution in [0.4, 0.5) is 11.5 Å². The standard InChI is InChI=1S/C20H23N5O2S/c1-14-11-15(2)22-20-19(14)25(18(27)13-28-20)12-17(26)24-9-7-23(8-10-24)16-5-3-4-6-21-16/h3-6,11H,7-10,12-13H2,1-2H3. The average Bonchev–Trinajstić information content (AvgIpc) is 2.70. The number of pyridine rings is 2. The van der Waals surface area contributed by atoms with Gasteiger partial charge in [0.1, 0.15) is 17.4 Å². The third-order valence-corrected chi connectivity index (χ3v) is 6.03. The van der Waals surface area contributed by atoms with Crippen LogP contribution in [0.5, 0.6) is 0 Å². The van der Waals surface area contributed by atoms with Crippen LogP contribution in [0.2, 0.25) is 0 Å². The zero-order valence-corrected chi connectivity index (χ0v) is 16.9. The minimum absolute atomic E-state index is 0.0214. The molecule has 0 unspecified atom stereocenters. The quantitative estimate of drug-likeness (QED) is 0.788. The van der Waals surface area contributed by atoms with Crippen molar-refractivity contribution in [2.24, 2.45) is 0 Å². The first-order chi connectivity index (χ1) is 13.5. The number of carbonyl (C=O) groups is 2. The highest BCUT2D eigenvalue weighted by atomic mass is 32.2. The van der Waals surface area contributed by atoms with Gasteiger partial charge in [-0.25, -0.2) is 9.97 Å². The summed E-state index contributed by atoms with van der Waals surface area (Å²) in [6.45, 7) is 6.72. The first-order valence-electron chi connectivity index (χ1n) is 9.38. The van der Waals surface area contributed by atoms with Gasteiger partial charge < -0.3 is 9.80 Å². The predicted octanol–water partition coefficient (Wildman–Crippen LogP) is 1.88. The van der Waals surface area contributed by atoms with Crippen molar-refractivity contribution in [3.05, 3.63) is 41.7 Å². The van der Waals surface area contributed by atoms with Gasteiger partial charge in [-0.15, -0.1) is 0 Å². The number of aromatic nitrogens is 2. The smallest absolute Gasteiger partial charge is 0.242 e. The molecule has 8 heteroatoms. The highest BCUT2D eigenvalue weighted by Crippen LogP contribution is 2.36. The summed E-state index contributed by atoms with van der Waals surface area (Å²) in [6, 6.07) is 7.81. The summed E-state index contributed by atoms with van der Waals surface area (Å²) in [4.78, 5) is 40.0. The molecule has 2 aliphatic heterocycles. The van der Waals surface area contributed by atoms with Crippen molar-refractivity contribution < 1.29 is 9.59 Å². The summed E-state index contributed by atoms with van der Waals surface area (Å²) in [5.74, 6) is 1.20. The van der Waals surface area contributed by atoms with Gasteiger partial charge in [-0.3, -0.25) is 14.5 Å². The lowest BCUT2D eigenvalue weighted by Crippen LogP contribution is -2.52. The molecule has 1 saturated heterocycles. The normalized spacial score (nSPS) is 16.9. The van der Waals surface area contributed by atoms with Gasteiger partial charge in [0.05, 0.1) is 11.4 Å². The summed E-state index contributed by atoms with van der Waals surface area (Å²) < 4.78 is 0. The molecule has 2 aromatic heterocycles. The Morgan fingerprint density at radius 2 is 1.96 bits per heavy atom. The van der Waals surface area contributed by atoms with Crippen molar-refractivity contribution >= 4 is 35.1 Å². The van der Waals surface area contributed by atoms with E-state index in [0.29, 0.717) is 18.8 Å². The van der Waals surface area contributed by atoms with E-state index in [0.717, 1.165) is 40.9 Å². The van der Waals surface area contributed by atoms with Crippen molar-refractivity contribution in [2.75, 3.05) is 48.3 Å². The zero-order valence-electron chi connectivity index (χ0n) is 16.1.